The minimum Gasteiger partial charge on any atom is -0.493 e. The van der Waals surface area contributed by atoms with E-state index in [0.717, 1.165) is 35.8 Å². The van der Waals surface area contributed by atoms with Gasteiger partial charge in [-0.1, -0.05) is 22.0 Å². The molecule has 8 heteroatoms. The van der Waals surface area contributed by atoms with Crippen LogP contribution in [0.25, 0.3) is 11.0 Å². The molecule has 4 rings (SSSR count). The summed E-state index contributed by atoms with van der Waals surface area (Å²) >= 11 is 3.39. The maximum Gasteiger partial charge on any atom is 0.307 e. The number of halogens is 2. The Morgan fingerprint density at radius 1 is 1.28 bits per heavy atom. The van der Waals surface area contributed by atoms with Crippen LogP contribution in [-0.2, 0) is 0 Å². The van der Waals surface area contributed by atoms with Crippen molar-refractivity contribution in [3.63, 3.8) is 0 Å². The van der Waals surface area contributed by atoms with Gasteiger partial charge in [-0.05, 0) is 48.7 Å². The normalized spacial score (nSPS) is 14.1. The van der Waals surface area contributed by atoms with Crippen molar-refractivity contribution in [2.24, 2.45) is 5.10 Å². The summed E-state index contributed by atoms with van der Waals surface area (Å²) in [5.41, 5.74) is 4.04. The van der Waals surface area contributed by atoms with E-state index >= 15 is 0 Å². The number of hydrazone groups is 1. The van der Waals surface area contributed by atoms with Crippen LogP contribution in [0.1, 0.15) is 29.0 Å². The Morgan fingerprint density at radius 3 is 2.79 bits per heavy atom. The van der Waals surface area contributed by atoms with Crippen LogP contribution in [0.15, 0.2) is 50.4 Å². The zero-order valence-corrected chi connectivity index (χ0v) is 17.3. The summed E-state index contributed by atoms with van der Waals surface area (Å²) in [6, 6.07) is 10.1. The maximum absolute atomic E-state index is 14.4. The Kier molecular flexibility index (Phi) is 5.53. The van der Waals surface area contributed by atoms with Gasteiger partial charge in [0.05, 0.1) is 19.0 Å². The number of hydrogen-bond donors (Lipinski definition) is 1. The zero-order chi connectivity index (χ0) is 20.4. The van der Waals surface area contributed by atoms with Crippen LogP contribution in [0.5, 0.6) is 5.75 Å². The monoisotopic (exact) mass is 459 g/mol. The molecule has 1 aliphatic rings. The van der Waals surface area contributed by atoms with Gasteiger partial charge in [0.25, 0.3) is 0 Å². The maximum atomic E-state index is 14.4. The Hall–Kier alpha value is -2.87. The van der Waals surface area contributed by atoms with Crippen molar-refractivity contribution >= 4 is 44.7 Å². The van der Waals surface area contributed by atoms with E-state index in [2.05, 4.69) is 26.5 Å². The lowest BCUT2D eigenvalue weighted by molar-refractivity contribution is 0.0929. The molecule has 3 aromatic rings. The van der Waals surface area contributed by atoms with Gasteiger partial charge in [0.2, 0.25) is 0 Å². The number of ether oxygens (including phenoxy) is 1. The first-order valence-corrected chi connectivity index (χ1v) is 9.99. The van der Waals surface area contributed by atoms with Crippen molar-refractivity contribution in [1.82, 2.24) is 5.43 Å². The summed E-state index contributed by atoms with van der Waals surface area (Å²) in [7, 11) is 1.53. The molecule has 1 fully saturated rings. The second kappa shape index (κ2) is 8.24. The van der Waals surface area contributed by atoms with Gasteiger partial charge in [0.1, 0.15) is 5.82 Å². The van der Waals surface area contributed by atoms with Crippen molar-refractivity contribution < 1.29 is 18.3 Å². The number of anilines is 1. The summed E-state index contributed by atoms with van der Waals surface area (Å²) in [6.45, 7) is 1.75. The number of hydrogen-bond acceptors (Lipinski definition) is 5. The van der Waals surface area contributed by atoms with Gasteiger partial charge in [0.15, 0.2) is 17.1 Å². The SMILES string of the molecule is COc1cc(Br)cc2cc(C(=O)N/N=C\c3ccc(N4CCCC4)c(F)c3)oc12. The Morgan fingerprint density at radius 2 is 2.07 bits per heavy atom. The fraction of sp³-hybridized carbons (Fsp3) is 0.238. The quantitative estimate of drug-likeness (QED) is 0.443. The standard InChI is InChI=1S/C21H19BrFN3O3/c1-28-18-11-15(22)9-14-10-19(29-20(14)18)21(27)25-24-12-13-4-5-17(16(23)8-13)26-6-2-3-7-26/h4-5,8-12H,2-3,6-7H2,1H3,(H,25,27)/b24-12-. The first-order chi connectivity index (χ1) is 14.0. The predicted octanol–water partition coefficient (Wildman–Crippen LogP) is 4.71. The summed E-state index contributed by atoms with van der Waals surface area (Å²) in [6.07, 6.45) is 3.56. The third-order valence-electron chi connectivity index (χ3n) is 4.79. The molecule has 0 radical (unpaired) electrons. The predicted molar refractivity (Wildman–Crippen MR) is 113 cm³/mol. The molecule has 0 bridgehead atoms. The lowest BCUT2D eigenvalue weighted by Crippen LogP contribution is -2.19. The summed E-state index contributed by atoms with van der Waals surface area (Å²) in [5.74, 6) is -0.184. The number of carbonyl (C=O) groups excluding carboxylic acids is 1. The number of amides is 1. The molecule has 1 saturated heterocycles. The fourth-order valence-corrected chi connectivity index (χ4v) is 3.84. The lowest BCUT2D eigenvalue weighted by Gasteiger charge is -2.18. The smallest absolute Gasteiger partial charge is 0.307 e. The van der Waals surface area contributed by atoms with Crippen molar-refractivity contribution in [3.05, 3.63) is 58.0 Å². The molecule has 0 atom stereocenters. The van der Waals surface area contributed by atoms with Crippen LogP contribution in [0.3, 0.4) is 0 Å². The van der Waals surface area contributed by atoms with Crippen molar-refractivity contribution in [1.29, 1.82) is 0 Å². The van der Waals surface area contributed by atoms with E-state index in [9.17, 15) is 9.18 Å². The number of rotatable bonds is 5. The van der Waals surface area contributed by atoms with Gasteiger partial charge in [0, 0.05) is 22.9 Å². The molecule has 0 spiro atoms. The molecule has 1 aliphatic heterocycles. The number of nitrogens with one attached hydrogen (secondary N) is 1. The van der Waals surface area contributed by atoms with E-state index < -0.39 is 5.91 Å². The number of methoxy groups -OCH3 is 1. The van der Waals surface area contributed by atoms with E-state index in [4.69, 9.17) is 9.15 Å². The number of furan rings is 1. The molecule has 150 valence electrons. The summed E-state index contributed by atoms with van der Waals surface area (Å²) in [4.78, 5) is 14.4. The number of fused-ring (bicyclic) bond motifs is 1. The van der Waals surface area contributed by atoms with Crippen LogP contribution in [-0.4, -0.2) is 32.3 Å². The van der Waals surface area contributed by atoms with Gasteiger partial charge in [-0.15, -0.1) is 0 Å². The number of benzene rings is 2. The van der Waals surface area contributed by atoms with Gasteiger partial charge in [-0.3, -0.25) is 4.79 Å². The van der Waals surface area contributed by atoms with Gasteiger partial charge in [-0.25, -0.2) is 9.82 Å². The average molecular weight is 460 g/mol. The van der Waals surface area contributed by atoms with Crippen LogP contribution in [0.2, 0.25) is 0 Å². The molecule has 1 aromatic heterocycles. The Bertz CT molecular complexity index is 1090. The zero-order valence-electron chi connectivity index (χ0n) is 15.7. The molecule has 0 aliphatic carbocycles. The van der Waals surface area contributed by atoms with Gasteiger partial charge >= 0.3 is 5.91 Å². The first kappa shape index (κ1) is 19.4. The van der Waals surface area contributed by atoms with Crippen molar-refractivity contribution in [2.45, 2.75) is 12.8 Å². The highest BCUT2D eigenvalue weighted by Crippen LogP contribution is 2.32. The van der Waals surface area contributed by atoms with E-state index in [0.29, 0.717) is 22.6 Å². The van der Waals surface area contributed by atoms with Crippen molar-refractivity contribution in [3.8, 4) is 5.75 Å². The minimum absolute atomic E-state index is 0.101. The van der Waals surface area contributed by atoms with Crippen LogP contribution in [0, 0.1) is 5.82 Å². The van der Waals surface area contributed by atoms with Gasteiger partial charge in [-0.2, -0.15) is 5.10 Å². The highest BCUT2D eigenvalue weighted by atomic mass is 79.9. The van der Waals surface area contributed by atoms with Crippen LogP contribution >= 0.6 is 15.9 Å². The molecular formula is C21H19BrFN3O3. The third-order valence-corrected chi connectivity index (χ3v) is 5.25. The summed E-state index contributed by atoms with van der Waals surface area (Å²) in [5, 5.41) is 4.64. The summed E-state index contributed by atoms with van der Waals surface area (Å²) < 4.78 is 26.0. The topological polar surface area (TPSA) is 67.1 Å². The third kappa shape index (κ3) is 4.12. The molecule has 2 heterocycles. The average Bonchev–Trinajstić information content (AvgIpc) is 3.37. The molecule has 0 unspecified atom stereocenters. The molecule has 6 nitrogen and oxygen atoms in total. The van der Waals surface area contributed by atoms with Crippen LogP contribution < -0.4 is 15.1 Å². The van der Waals surface area contributed by atoms with Crippen molar-refractivity contribution in [2.75, 3.05) is 25.1 Å². The molecule has 1 amide bonds. The van der Waals surface area contributed by atoms with E-state index in [1.807, 2.05) is 11.0 Å². The largest absolute Gasteiger partial charge is 0.493 e. The molecule has 0 saturated carbocycles. The Labute approximate surface area is 175 Å². The lowest BCUT2D eigenvalue weighted by atomic mass is 10.2. The van der Waals surface area contributed by atoms with Crippen LogP contribution in [0.4, 0.5) is 10.1 Å². The highest BCUT2D eigenvalue weighted by Gasteiger charge is 2.17. The Balaban J connectivity index is 1.46. The van der Waals surface area contributed by atoms with Gasteiger partial charge < -0.3 is 14.1 Å². The molecule has 1 N–H and O–H groups in total. The molecule has 2 aromatic carbocycles. The van der Waals surface area contributed by atoms with E-state index in [1.54, 1.807) is 24.3 Å². The minimum atomic E-state index is -0.509. The highest BCUT2D eigenvalue weighted by molar-refractivity contribution is 9.10. The van der Waals surface area contributed by atoms with E-state index in [-0.39, 0.29) is 11.6 Å². The molecule has 29 heavy (non-hydrogen) atoms. The number of carbonyl (C=O) groups is 1. The fourth-order valence-electron chi connectivity index (χ4n) is 3.39. The second-order valence-corrected chi connectivity index (χ2v) is 7.66. The first-order valence-electron chi connectivity index (χ1n) is 9.20. The number of nitrogens with zero attached hydrogens (tertiary/aromatic N) is 2. The second-order valence-electron chi connectivity index (χ2n) is 6.74. The van der Waals surface area contributed by atoms with E-state index in [1.165, 1.54) is 19.4 Å². The molecular weight excluding hydrogens is 441 g/mol.